The van der Waals surface area contributed by atoms with E-state index in [9.17, 15) is 0 Å². The van der Waals surface area contributed by atoms with Crippen LogP contribution in [0.1, 0.15) is 38.2 Å². The maximum atomic E-state index is 5.97. The summed E-state index contributed by atoms with van der Waals surface area (Å²) in [6, 6.07) is 10.4. The first-order valence-electron chi connectivity index (χ1n) is 11.1. The zero-order valence-electron chi connectivity index (χ0n) is 18.2. The van der Waals surface area contributed by atoms with Crippen LogP contribution in [-0.2, 0) is 11.3 Å². The molecule has 0 spiro atoms. The average molecular weight is 514 g/mol. The Morgan fingerprint density at radius 1 is 1.10 bits per heavy atom. The second-order valence-electron chi connectivity index (χ2n) is 8.37. The molecule has 0 aromatic heterocycles. The summed E-state index contributed by atoms with van der Waals surface area (Å²) in [6.45, 7) is 10.2. The van der Waals surface area contributed by atoms with E-state index in [4.69, 9.17) is 9.73 Å². The minimum Gasteiger partial charge on any atom is -0.376 e. The van der Waals surface area contributed by atoms with Crippen LogP contribution in [0.4, 0.5) is 0 Å². The second kappa shape index (κ2) is 13.4. The lowest BCUT2D eigenvalue weighted by Gasteiger charge is -2.28. The van der Waals surface area contributed by atoms with E-state index in [0.29, 0.717) is 12.5 Å². The fraction of sp³-hybridized carbons (Fsp3) is 0.696. The Labute approximate surface area is 194 Å². The summed E-state index contributed by atoms with van der Waals surface area (Å²) in [7, 11) is 2.23. The molecule has 0 amide bonds. The fourth-order valence-corrected chi connectivity index (χ4v) is 4.21. The Morgan fingerprint density at radius 3 is 2.55 bits per heavy atom. The third-order valence-electron chi connectivity index (χ3n) is 6.02. The highest BCUT2D eigenvalue weighted by atomic mass is 127. The molecule has 3 rings (SSSR count). The van der Waals surface area contributed by atoms with Crippen molar-refractivity contribution in [1.29, 1.82) is 0 Å². The van der Waals surface area contributed by atoms with Gasteiger partial charge >= 0.3 is 0 Å². The van der Waals surface area contributed by atoms with Gasteiger partial charge in [0.05, 0.1) is 13.2 Å². The molecule has 0 radical (unpaired) electrons. The van der Waals surface area contributed by atoms with E-state index in [0.717, 1.165) is 44.7 Å². The second-order valence-corrected chi connectivity index (χ2v) is 8.37. The van der Waals surface area contributed by atoms with Crippen LogP contribution in [0, 0.1) is 11.8 Å². The summed E-state index contributed by atoms with van der Waals surface area (Å²) < 4.78 is 5.97. The third kappa shape index (κ3) is 8.42. The summed E-state index contributed by atoms with van der Waals surface area (Å²) in [6.07, 6.45) is 5.06. The van der Waals surface area contributed by atoms with Crippen molar-refractivity contribution in [2.45, 2.75) is 39.2 Å². The average Bonchev–Trinajstić information content (AvgIpc) is 3.18. The number of halogens is 1. The molecular formula is C23H39IN4O. The quantitative estimate of drug-likeness (QED) is 0.325. The van der Waals surface area contributed by atoms with Gasteiger partial charge in [-0.05, 0) is 64.2 Å². The number of nitrogens with zero attached hydrogens (tertiary/aromatic N) is 3. The highest BCUT2D eigenvalue weighted by Crippen LogP contribution is 2.20. The molecule has 1 N–H and O–H groups in total. The zero-order chi connectivity index (χ0) is 19.6. The molecule has 0 aliphatic carbocycles. The van der Waals surface area contributed by atoms with Gasteiger partial charge in [0.2, 0.25) is 0 Å². The van der Waals surface area contributed by atoms with Crippen molar-refractivity contribution in [3.8, 4) is 0 Å². The van der Waals surface area contributed by atoms with Crippen molar-refractivity contribution in [2.24, 2.45) is 16.8 Å². The third-order valence-corrected chi connectivity index (χ3v) is 6.02. The Kier molecular flexibility index (Phi) is 11.3. The molecule has 2 saturated heterocycles. The summed E-state index contributed by atoms with van der Waals surface area (Å²) >= 11 is 0. The largest absolute Gasteiger partial charge is 0.376 e. The molecule has 0 bridgehead atoms. The van der Waals surface area contributed by atoms with Gasteiger partial charge in [0.15, 0.2) is 5.96 Å². The van der Waals surface area contributed by atoms with Crippen molar-refractivity contribution in [3.05, 3.63) is 35.9 Å². The Morgan fingerprint density at radius 2 is 1.83 bits per heavy atom. The first kappa shape index (κ1) is 24.4. The van der Waals surface area contributed by atoms with E-state index in [-0.39, 0.29) is 24.0 Å². The molecule has 1 aromatic rings. The van der Waals surface area contributed by atoms with Gasteiger partial charge in [0, 0.05) is 32.1 Å². The monoisotopic (exact) mass is 514 g/mol. The number of guanidine groups is 1. The minimum absolute atomic E-state index is 0. The molecule has 1 aromatic carbocycles. The van der Waals surface area contributed by atoms with Gasteiger partial charge in [-0.25, -0.2) is 0 Å². The van der Waals surface area contributed by atoms with Crippen LogP contribution in [0.25, 0.3) is 0 Å². The topological polar surface area (TPSA) is 40.1 Å². The van der Waals surface area contributed by atoms with Crippen LogP contribution in [0.15, 0.2) is 35.3 Å². The molecular weight excluding hydrogens is 475 g/mol. The lowest BCUT2D eigenvalue weighted by Crippen LogP contribution is -2.40. The highest BCUT2D eigenvalue weighted by Gasteiger charge is 2.25. The first-order chi connectivity index (χ1) is 13.7. The number of hydrogen-bond acceptors (Lipinski definition) is 3. The molecule has 2 aliphatic heterocycles. The van der Waals surface area contributed by atoms with E-state index in [1.807, 2.05) is 6.07 Å². The van der Waals surface area contributed by atoms with E-state index in [1.165, 1.54) is 44.3 Å². The molecule has 0 saturated carbocycles. The lowest BCUT2D eigenvalue weighted by molar-refractivity contribution is 0.0906. The Bertz CT molecular complexity index is 590. The van der Waals surface area contributed by atoms with Gasteiger partial charge in [0.25, 0.3) is 0 Å². The van der Waals surface area contributed by atoms with Gasteiger partial charge < -0.3 is 19.9 Å². The maximum Gasteiger partial charge on any atom is 0.193 e. The predicted octanol–water partition coefficient (Wildman–Crippen LogP) is 3.84. The van der Waals surface area contributed by atoms with Gasteiger partial charge in [-0.15, -0.1) is 24.0 Å². The molecule has 1 atom stereocenters. The Hall–Kier alpha value is -0.860. The predicted molar refractivity (Wildman–Crippen MR) is 132 cm³/mol. The smallest absolute Gasteiger partial charge is 0.193 e. The van der Waals surface area contributed by atoms with Crippen molar-refractivity contribution >= 4 is 29.9 Å². The molecule has 6 heteroatoms. The van der Waals surface area contributed by atoms with Crippen LogP contribution in [-0.4, -0.2) is 68.7 Å². The van der Waals surface area contributed by atoms with Crippen LogP contribution >= 0.6 is 24.0 Å². The van der Waals surface area contributed by atoms with Crippen LogP contribution in [0.3, 0.4) is 0 Å². The molecule has 29 heavy (non-hydrogen) atoms. The van der Waals surface area contributed by atoms with E-state index in [2.05, 4.69) is 53.4 Å². The fourth-order valence-electron chi connectivity index (χ4n) is 4.21. The van der Waals surface area contributed by atoms with Crippen molar-refractivity contribution < 1.29 is 4.74 Å². The van der Waals surface area contributed by atoms with E-state index < -0.39 is 0 Å². The van der Waals surface area contributed by atoms with Crippen LogP contribution < -0.4 is 5.32 Å². The Balaban J connectivity index is 0.00000300. The summed E-state index contributed by atoms with van der Waals surface area (Å²) in [5.41, 5.74) is 1.25. The van der Waals surface area contributed by atoms with Crippen molar-refractivity contribution in [2.75, 3.05) is 52.9 Å². The van der Waals surface area contributed by atoms with E-state index >= 15 is 0 Å². The number of aliphatic imine (C=N–C) groups is 1. The first-order valence-corrected chi connectivity index (χ1v) is 11.1. The van der Waals surface area contributed by atoms with Crippen molar-refractivity contribution in [1.82, 2.24) is 15.1 Å². The normalized spacial score (nSPS) is 21.2. The van der Waals surface area contributed by atoms with Crippen LogP contribution in [0.2, 0.25) is 0 Å². The molecule has 2 heterocycles. The number of piperidine rings is 1. The number of likely N-dealkylation sites (tertiary alicyclic amines) is 2. The van der Waals surface area contributed by atoms with Gasteiger partial charge in [-0.1, -0.05) is 30.3 Å². The number of rotatable bonds is 8. The summed E-state index contributed by atoms with van der Waals surface area (Å²) in [5.74, 6) is 2.54. The van der Waals surface area contributed by atoms with Gasteiger partial charge in [-0.3, -0.25) is 4.99 Å². The molecule has 1 unspecified atom stereocenters. The number of hydrogen-bond donors (Lipinski definition) is 1. The summed E-state index contributed by atoms with van der Waals surface area (Å²) in [5, 5.41) is 3.50. The number of nitrogens with one attached hydrogen (secondary N) is 1. The molecule has 5 nitrogen and oxygen atoms in total. The minimum atomic E-state index is 0. The van der Waals surface area contributed by atoms with E-state index in [1.54, 1.807) is 0 Å². The molecule has 164 valence electrons. The SMILES string of the molecule is CCNC(=NCCC1CCN(C)CC1)N1CCC(COCc2ccccc2)C1.I. The van der Waals surface area contributed by atoms with Gasteiger partial charge in [-0.2, -0.15) is 0 Å². The van der Waals surface area contributed by atoms with Crippen molar-refractivity contribution in [3.63, 3.8) is 0 Å². The lowest BCUT2D eigenvalue weighted by atomic mass is 9.94. The summed E-state index contributed by atoms with van der Waals surface area (Å²) in [4.78, 5) is 9.81. The molecule has 2 fully saturated rings. The number of ether oxygens (including phenoxy) is 1. The van der Waals surface area contributed by atoms with Gasteiger partial charge in [0.1, 0.15) is 0 Å². The molecule has 2 aliphatic rings. The maximum absolute atomic E-state index is 5.97. The highest BCUT2D eigenvalue weighted by molar-refractivity contribution is 14.0. The standard InChI is InChI=1S/C23H38N4O.HI/c1-3-24-23(25-13-9-20-10-14-26(2)15-11-20)27-16-12-22(17-27)19-28-18-21-7-5-4-6-8-21;/h4-8,20,22H,3,9-19H2,1-2H3,(H,24,25);1H. The number of benzene rings is 1. The van der Waals surface area contributed by atoms with Crippen LogP contribution in [0.5, 0.6) is 0 Å². The zero-order valence-corrected chi connectivity index (χ0v) is 20.5.